The van der Waals surface area contributed by atoms with E-state index in [1.807, 2.05) is 59.6 Å². The van der Waals surface area contributed by atoms with E-state index < -0.39 is 0 Å². The van der Waals surface area contributed by atoms with Crippen molar-refractivity contribution in [2.24, 2.45) is 0 Å². The van der Waals surface area contributed by atoms with E-state index in [1.54, 1.807) is 22.2 Å². The summed E-state index contributed by atoms with van der Waals surface area (Å²) >= 11 is 1.69. The first-order valence-corrected chi connectivity index (χ1v) is 9.88. The number of aromatic nitrogens is 3. The average Bonchev–Trinajstić information content (AvgIpc) is 3.47. The number of nitrogens with zero attached hydrogens (tertiary/aromatic N) is 4. The quantitative estimate of drug-likeness (QED) is 0.532. The predicted molar refractivity (Wildman–Crippen MR) is 106 cm³/mol. The maximum Gasteiger partial charge on any atom is 0.254 e. The Morgan fingerprint density at radius 1 is 1.07 bits per heavy atom. The summed E-state index contributed by atoms with van der Waals surface area (Å²) in [4.78, 5) is 19.9. The van der Waals surface area contributed by atoms with Crippen LogP contribution >= 0.6 is 11.3 Å². The molecule has 134 valence electrons. The van der Waals surface area contributed by atoms with Gasteiger partial charge < -0.3 is 4.90 Å². The van der Waals surface area contributed by atoms with Crippen LogP contribution in [0.25, 0.3) is 15.9 Å². The second-order valence-electron chi connectivity index (χ2n) is 6.67. The maximum absolute atomic E-state index is 13.1. The molecule has 0 radical (unpaired) electrons. The summed E-state index contributed by atoms with van der Waals surface area (Å²) in [5, 5.41) is 5.26. The van der Waals surface area contributed by atoms with Crippen LogP contribution < -0.4 is 0 Å². The van der Waals surface area contributed by atoms with Gasteiger partial charge in [0.25, 0.3) is 5.91 Å². The molecule has 1 amide bonds. The zero-order valence-electron chi connectivity index (χ0n) is 14.7. The highest BCUT2D eigenvalue weighted by atomic mass is 32.1. The van der Waals surface area contributed by atoms with Crippen LogP contribution in [0, 0.1) is 0 Å². The van der Waals surface area contributed by atoms with Gasteiger partial charge in [0.1, 0.15) is 5.01 Å². The third kappa shape index (κ3) is 2.92. The van der Waals surface area contributed by atoms with E-state index in [4.69, 9.17) is 4.98 Å². The van der Waals surface area contributed by atoms with Crippen LogP contribution in [0.4, 0.5) is 0 Å². The van der Waals surface area contributed by atoms with E-state index in [0.717, 1.165) is 35.6 Å². The Morgan fingerprint density at radius 3 is 2.70 bits per heavy atom. The number of fused-ring (bicyclic) bond motifs is 1. The lowest BCUT2D eigenvalue weighted by molar-refractivity contribution is 0.0735. The third-order valence-electron chi connectivity index (χ3n) is 4.99. The molecule has 0 saturated carbocycles. The Morgan fingerprint density at radius 2 is 1.93 bits per heavy atom. The number of para-hydroxylation sites is 1. The van der Waals surface area contributed by atoms with Gasteiger partial charge in [-0.2, -0.15) is 5.10 Å². The molecular weight excluding hydrogens is 356 g/mol. The fraction of sp³-hybridized carbons (Fsp3) is 0.190. The third-order valence-corrected chi connectivity index (χ3v) is 6.13. The van der Waals surface area contributed by atoms with Crippen molar-refractivity contribution in [1.82, 2.24) is 19.7 Å². The number of carbonyl (C=O) groups excluding carboxylic acids is 1. The molecule has 0 aliphatic carbocycles. The highest BCUT2D eigenvalue weighted by Gasteiger charge is 2.32. The van der Waals surface area contributed by atoms with E-state index >= 15 is 0 Å². The van der Waals surface area contributed by atoms with Crippen LogP contribution in [-0.4, -0.2) is 32.1 Å². The molecule has 4 aromatic rings. The van der Waals surface area contributed by atoms with Gasteiger partial charge in [-0.25, -0.2) is 9.67 Å². The summed E-state index contributed by atoms with van der Waals surface area (Å²) in [6, 6.07) is 17.7. The van der Waals surface area contributed by atoms with Gasteiger partial charge >= 0.3 is 0 Å². The standard InChI is InChI=1S/C21H18N4OS/c26-21(15-8-10-16(11-9-15)25-14-4-12-22-25)24-13-3-6-18(24)20-23-17-5-1-2-7-19(17)27-20/h1-2,4-5,7-12,14,18H,3,6,13H2/t18-/m1/s1. The zero-order chi connectivity index (χ0) is 18.2. The average molecular weight is 374 g/mol. The van der Waals surface area contributed by atoms with E-state index in [2.05, 4.69) is 11.2 Å². The van der Waals surface area contributed by atoms with Gasteiger partial charge in [-0.15, -0.1) is 11.3 Å². The van der Waals surface area contributed by atoms with E-state index in [0.29, 0.717) is 5.56 Å². The van der Waals surface area contributed by atoms with Crippen molar-refractivity contribution in [3.63, 3.8) is 0 Å². The predicted octanol–water partition coefficient (Wildman–Crippen LogP) is 4.46. The summed E-state index contributed by atoms with van der Waals surface area (Å²) in [5.41, 5.74) is 2.67. The number of rotatable bonds is 3. The lowest BCUT2D eigenvalue weighted by Crippen LogP contribution is -2.30. The molecule has 0 N–H and O–H groups in total. The van der Waals surface area contributed by atoms with Crippen LogP contribution in [-0.2, 0) is 0 Å². The number of amides is 1. The van der Waals surface area contributed by atoms with Gasteiger partial charge in [-0.3, -0.25) is 4.79 Å². The number of hydrogen-bond donors (Lipinski definition) is 0. The highest BCUT2D eigenvalue weighted by molar-refractivity contribution is 7.18. The Labute approximate surface area is 160 Å². The van der Waals surface area contributed by atoms with Gasteiger partial charge in [0.15, 0.2) is 0 Å². The number of hydrogen-bond acceptors (Lipinski definition) is 4. The summed E-state index contributed by atoms with van der Waals surface area (Å²) < 4.78 is 2.96. The molecule has 0 bridgehead atoms. The second kappa shape index (κ2) is 6.63. The smallest absolute Gasteiger partial charge is 0.254 e. The minimum atomic E-state index is 0.0701. The Kier molecular flexibility index (Phi) is 3.98. The highest BCUT2D eigenvalue weighted by Crippen LogP contribution is 2.37. The largest absolute Gasteiger partial charge is 0.329 e. The van der Waals surface area contributed by atoms with Crippen molar-refractivity contribution < 1.29 is 4.79 Å². The number of likely N-dealkylation sites (tertiary alicyclic amines) is 1. The van der Waals surface area contributed by atoms with E-state index in [1.165, 1.54) is 4.70 Å². The summed E-state index contributed by atoms with van der Waals surface area (Å²) in [7, 11) is 0. The molecule has 2 aromatic heterocycles. The van der Waals surface area contributed by atoms with Crippen molar-refractivity contribution >= 4 is 27.5 Å². The summed E-state index contributed by atoms with van der Waals surface area (Å²) in [5.74, 6) is 0.0729. The van der Waals surface area contributed by atoms with Crippen molar-refractivity contribution in [1.29, 1.82) is 0 Å². The molecule has 1 aliphatic rings. The van der Waals surface area contributed by atoms with E-state index in [-0.39, 0.29) is 11.9 Å². The molecule has 0 spiro atoms. The van der Waals surface area contributed by atoms with Crippen molar-refractivity contribution in [3.05, 3.63) is 77.6 Å². The number of benzene rings is 2. The van der Waals surface area contributed by atoms with Crippen LogP contribution in [0.1, 0.15) is 34.2 Å². The van der Waals surface area contributed by atoms with Crippen molar-refractivity contribution in [2.45, 2.75) is 18.9 Å². The molecule has 1 saturated heterocycles. The molecular formula is C21H18N4OS. The Hall–Kier alpha value is -2.99. The first kappa shape index (κ1) is 16.2. The van der Waals surface area contributed by atoms with Gasteiger partial charge in [0, 0.05) is 24.5 Å². The molecule has 5 nitrogen and oxygen atoms in total. The van der Waals surface area contributed by atoms with Crippen LogP contribution in [0.5, 0.6) is 0 Å². The first-order valence-electron chi connectivity index (χ1n) is 9.06. The second-order valence-corrected chi connectivity index (χ2v) is 7.74. The van der Waals surface area contributed by atoms with Crippen molar-refractivity contribution in [3.8, 4) is 5.69 Å². The first-order chi connectivity index (χ1) is 13.3. The number of carbonyl (C=O) groups is 1. The molecule has 5 rings (SSSR count). The molecule has 2 aromatic carbocycles. The monoisotopic (exact) mass is 374 g/mol. The minimum Gasteiger partial charge on any atom is -0.329 e. The lowest BCUT2D eigenvalue weighted by atomic mass is 10.1. The molecule has 0 unspecified atom stereocenters. The van der Waals surface area contributed by atoms with Crippen LogP contribution in [0.2, 0.25) is 0 Å². The topological polar surface area (TPSA) is 51.0 Å². The molecule has 1 aliphatic heterocycles. The van der Waals surface area contributed by atoms with Gasteiger partial charge in [0.2, 0.25) is 0 Å². The zero-order valence-corrected chi connectivity index (χ0v) is 15.5. The summed E-state index contributed by atoms with van der Waals surface area (Å²) in [6.45, 7) is 0.778. The molecule has 3 heterocycles. The van der Waals surface area contributed by atoms with Crippen LogP contribution in [0.3, 0.4) is 0 Å². The lowest BCUT2D eigenvalue weighted by Gasteiger charge is -2.23. The Bertz CT molecular complexity index is 1050. The Balaban J connectivity index is 1.41. The molecule has 1 fully saturated rings. The van der Waals surface area contributed by atoms with Gasteiger partial charge in [-0.05, 0) is 55.3 Å². The van der Waals surface area contributed by atoms with Gasteiger partial charge in [0.05, 0.1) is 21.9 Å². The number of thiazole rings is 1. The minimum absolute atomic E-state index is 0.0701. The maximum atomic E-state index is 13.1. The fourth-order valence-corrected chi connectivity index (χ4v) is 4.76. The molecule has 27 heavy (non-hydrogen) atoms. The molecule has 6 heteroatoms. The van der Waals surface area contributed by atoms with Crippen molar-refractivity contribution in [2.75, 3.05) is 6.54 Å². The SMILES string of the molecule is O=C(c1ccc(-n2cccn2)cc1)N1CCC[C@@H]1c1nc2ccccc2s1. The fourth-order valence-electron chi connectivity index (χ4n) is 3.64. The van der Waals surface area contributed by atoms with Crippen LogP contribution in [0.15, 0.2) is 67.0 Å². The normalized spacial score (nSPS) is 16.9. The van der Waals surface area contributed by atoms with E-state index in [9.17, 15) is 4.79 Å². The van der Waals surface area contributed by atoms with Gasteiger partial charge in [-0.1, -0.05) is 12.1 Å². The molecule has 1 atom stereocenters. The summed E-state index contributed by atoms with van der Waals surface area (Å²) in [6.07, 6.45) is 5.61.